The van der Waals surface area contributed by atoms with Gasteiger partial charge in [-0.3, -0.25) is 14.4 Å². The van der Waals surface area contributed by atoms with Crippen molar-refractivity contribution in [2.24, 2.45) is 178 Å². The number of aliphatic hydroxyl groups excluding tert-OH is 1. The van der Waals surface area contributed by atoms with Gasteiger partial charge in [-0.15, -0.1) is 0 Å². The second-order valence-electron chi connectivity index (χ2n) is 36.0. The highest BCUT2D eigenvalue weighted by atomic mass is 16.8. The monoisotopic (exact) mass is 1360 g/mol. The summed E-state index contributed by atoms with van der Waals surface area (Å²) in [6.45, 7) is 47.3. The number of aliphatic hydroxyl groups is 1. The van der Waals surface area contributed by atoms with Crippen molar-refractivity contribution in [3.05, 3.63) is 0 Å². The van der Waals surface area contributed by atoms with Gasteiger partial charge < -0.3 is 47.7 Å². The van der Waals surface area contributed by atoms with Crippen molar-refractivity contribution in [1.29, 1.82) is 0 Å². The van der Waals surface area contributed by atoms with E-state index in [0.717, 1.165) is 110 Å². The van der Waals surface area contributed by atoms with Crippen molar-refractivity contribution in [2.75, 3.05) is 26.4 Å². The highest BCUT2D eigenvalue weighted by molar-refractivity contribution is 5.73. The Morgan fingerprint density at radius 2 is 0.557 bits per heavy atom. The predicted molar refractivity (Wildman–Crippen MR) is 384 cm³/mol. The summed E-state index contributed by atoms with van der Waals surface area (Å²) in [6, 6.07) is 0. The minimum absolute atomic E-state index is 0.0105. The van der Waals surface area contributed by atoms with Crippen molar-refractivity contribution >= 4 is 17.9 Å². The first-order chi connectivity index (χ1) is 46.2. The fourth-order valence-electron chi connectivity index (χ4n) is 19.9. The van der Waals surface area contributed by atoms with Crippen LogP contribution in [0.4, 0.5) is 0 Å². The molecular weight excluding hydrogens is 1220 g/mol. The summed E-state index contributed by atoms with van der Waals surface area (Å²) in [4.78, 5) is 40.4. The van der Waals surface area contributed by atoms with Crippen LogP contribution in [0.15, 0.2) is 0 Å². The Labute approximate surface area is 591 Å². The number of esters is 3. The number of hydrogen-bond acceptors (Lipinski definition) is 13. The lowest BCUT2D eigenvalue weighted by Gasteiger charge is -2.48. The van der Waals surface area contributed by atoms with Gasteiger partial charge in [0.1, 0.15) is 19.8 Å². The third-order valence-corrected chi connectivity index (χ3v) is 29.9. The van der Waals surface area contributed by atoms with Crippen molar-refractivity contribution in [3.63, 3.8) is 0 Å². The third kappa shape index (κ3) is 20.1. The molecule has 6 saturated carbocycles. The molecule has 20 unspecified atom stereocenters. The normalized spacial score (nSPS) is 45.2. The molecule has 10 aliphatic rings. The second-order valence-corrected chi connectivity index (χ2v) is 36.0. The smallest absolute Gasteiger partial charge is 0.309 e. The minimum Gasteiger partial charge on any atom is -0.463 e. The zero-order chi connectivity index (χ0) is 70.6. The van der Waals surface area contributed by atoms with E-state index in [-0.39, 0.29) is 134 Å². The van der Waals surface area contributed by atoms with Gasteiger partial charge in [-0.05, 0) is 232 Å². The van der Waals surface area contributed by atoms with Crippen LogP contribution >= 0.6 is 0 Å². The SMILES string of the molecule is CC[C@H]1C[C@H]1C[C@H]1C[C@H]1C[C@@H](C)[C@@H](CC)C(=O)OCC1OC(OC2OC(CO)C(C)C(C)C2C)C(C)C(C)C1C.CC[C@H]1C[C@H]1C[C@H]1C[C@H]1C[C@@H](C)[C@@H](CC)C(=O)OCC1OC(OC2OC(COC(=O)[C@H](CC)[C@H](C)C[C@@H]3C[C@@H]3C[C@@H]3C[C@@H]3CC)C(C)C(C)C2C)C(C)C(C)C1C. The summed E-state index contributed by atoms with van der Waals surface area (Å²) in [6.07, 6.45) is 19.7. The highest BCUT2D eigenvalue weighted by Crippen LogP contribution is 2.58. The Morgan fingerprint density at radius 1 is 0.330 bits per heavy atom. The molecule has 0 spiro atoms. The lowest BCUT2D eigenvalue weighted by Crippen LogP contribution is -2.53. The van der Waals surface area contributed by atoms with Gasteiger partial charge >= 0.3 is 17.9 Å². The maximum atomic E-state index is 13.6. The molecule has 4 saturated heterocycles. The van der Waals surface area contributed by atoms with E-state index in [1.165, 1.54) is 77.0 Å². The molecule has 10 fully saturated rings. The van der Waals surface area contributed by atoms with Crippen molar-refractivity contribution in [2.45, 2.75) is 311 Å². The molecule has 0 bridgehead atoms. The molecule has 97 heavy (non-hydrogen) atoms. The lowest BCUT2D eigenvalue weighted by atomic mass is 9.78. The van der Waals surface area contributed by atoms with Gasteiger partial charge in [-0.1, -0.05) is 165 Å². The second kappa shape index (κ2) is 35.3. The van der Waals surface area contributed by atoms with Crippen LogP contribution < -0.4 is 0 Å². The molecule has 13 nitrogen and oxygen atoms in total. The van der Waals surface area contributed by atoms with Gasteiger partial charge in [0.05, 0.1) is 48.8 Å². The Balaban J connectivity index is 0.000000242. The number of rotatable bonds is 35. The van der Waals surface area contributed by atoms with Gasteiger partial charge in [0.2, 0.25) is 0 Å². The van der Waals surface area contributed by atoms with Gasteiger partial charge in [0, 0.05) is 23.7 Å². The Kier molecular flexibility index (Phi) is 28.8. The number of carbonyl (C=O) groups excluding carboxylic acids is 3. The first-order valence-corrected chi connectivity index (χ1v) is 41.2. The molecule has 0 aromatic rings. The first kappa shape index (κ1) is 79.3. The van der Waals surface area contributed by atoms with Crippen LogP contribution in [0.3, 0.4) is 0 Å². The molecule has 4 aliphatic heterocycles. The molecule has 0 amide bonds. The molecular formula is C84H146O13. The molecule has 13 heteroatoms. The standard InChI is InChI=1S/C50H86O7.C34H60O6/c1-13-35-19-39(35)23-41-21-37(41)17-27(5)43(15-3)47(51)53-25-45-31(9)29(7)33(11)49(55-45)57-50-34(12)30(8)32(10)46(56-50)26-54-48(52)44(16-4)28(6)18-38-22-42(38)24-40-20-36(40)14-2;1-10-25-13-27(25)15-28-14-26(28)12-18(3)29(11-2)32(36)37-17-31-22(7)20(5)24(9)34(39-31)40-33-23(8)19(4)21(6)30(16-35)38-33/h27-46,49-50H,13-26H2,1-12H3;18-31,33-35H,10-17H2,1-9H3/t27-,28-,29?,30?,31?,32?,33?,34?,35+,36+,37-,38-,39+,40+,41-,42-,43-,44-,45?,46?,49?,50?;18-,19?,20?,21?,22?,23?,24?,25+,26-,27+,28-,29-,30?,31?,33?,34?/m11/s1. The molecule has 38 atom stereocenters. The Hall–Kier alpha value is -1.87. The van der Waals surface area contributed by atoms with Gasteiger partial charge in [-0.2, -0.15) is 0 Å². The van der Waals surface area contributed by atoms with Crippen LogP contribution in [0.1, 0.15) is 261 Å². The van der Waals surface area contributed by atoms with Crippen LogP contribution in [-0.2, 0) is 57.0 Å². The van der Waals surface area contributed by atoms with E-state index >= 15 is 0 Å². The first-order valence-electron chi connectivity index (χ1n) is 41.2. The maximum absolute atomic E-state index is 13.6. The predicted octanol–water partition coefficient (Wildman–Crippen LogP) is 18.5. The van der Waals surface area contributed by atoms with E-state index in [2.05, 4.69) is 145 Å². The number of ether oxygens (including phenoxy) is 9. The van der Waals surface area contributed by atoms with Gasteiger partial charge in [-0.25, -0.2) is 0 Å². The average Bonchev–Trinajstić information content (AvgIpc) is 1.72. The fourth-order valence-corrected chi connectivity index (χ4v) is 19.9. The summed E-state index contributed by atoms with van der Waals surface area (Å²) in [7, 11) is 0. The van der Waals surface area contributed by atoms with E-state index in [0.29, 0.717) is 41.4 Å². The lowest BCUT2D eigenvalue weighted by molar-refractivity contribution is -0.344. The van der Waals surface area contributed by atoms with Gasteiger partial charge in [0.15, 0.2) is 25.2 Å². The molecule has 4 heterocycles. The molecule has 560 valence electrons. The van der Waals surface area contributed by atoms with E-state index < -0.39 is 25.2 Å². The molecule has 1 N–H and O–H groups in total. The van der Waals surface area contributed by atoms with Crippen LogP contribution in [0, 0.1) is 178 Å². The Morgan fingerprint density at radius 3 is 0.784 bits per heavy atom. The van der Waals surface area contributed by atoms with Crippen LogP contribution in [0.2, 0.25) is 0 Å². The Bertz CT molecular complexity index is 2340. The zero-order valence-electron chi connectivity index (χ0n) is 65.3. The summed E-state index contributed by atoms with van der Waals surface area (Å²) in [5, 5.41) is 9.85. The molecule has 0 aromatic carbocycles. The van der Waals surface area contributed by atoms with E-state index in [4.69, 9.17) is 42.6 Å². The highest BCUT2D eigenvalue weighted by Gasteiger charge is 2.52. The minimum atomic E-state index is -0.480. The number of hydrogen-bond donors (Lipinski definition) is 1. The van der Waals surface area contributed by atoms with Crippen LogP contribution in [0.5, 0.6) is 0 Å². The molecule has 10 rings (SSSR count). The summed E-state index contributed by atoms with van der Waals surface area (Å²) >= 11 is 0. The topological polar surface area (TPSA) is 155 Å². The summed E-state index contributed by atoms with van der Waals surface area (Å²) < 4.78 is 57.5. The largest absolute Gasteiger partial charge is 0.463 e. The maximum Gasteiger partial charge on any atom is 0.309 e. The van der Waals surface area contributed by atoms with Crippen molar-refractivity contribution < 1.29 is 62.1 Å². The molecule has 6 aliphatic carbocycles. The quantitative estimate of drug-likeness (QED) is 0.0473. The van der Waals surface area contributed by atoms with Crippen LogP contribution in [-0.4, -0.2) is 99.0 Å². The van der Waals surface area contributed by atoms with E-state index in [9.17, 15) is 19.5 Å². The average molecular weight is 1360 g/mol. The van der Waals surface area contributed by atoms with E-state index in [1.807, 2.05) is 0 Å². The van der Waals surface area contributed by atoms with E-state index in [1.54, 1.807) is 0 Å². The molecule has 0 radical (unpaired) electrons. The van der Waals surface area contributed by atoms with Crippen LogP contribution in [0.25, 0.3) is 0 Å². The fraction of sp³-hybridized carbons (Fsp3) is 0.964. The van der Waals surface area contributed by atoms with Gasteiger partial charge in [0.25, 0.3) is 0 Å². The number of carbonyl (C=O) groups is 3. The summed E-state index contributed by atoms with van der Waals surface area (Å²) in [5.74, 6) is 14.4. The summed E-state index contributed by atoms with van der Waals surface area (Å²) in [5.41, 5.74) is 0. The zero-order valence-corrected chi connectivity index (χ0v) is 65.3. The van der Waals surface area contributed by atoms with Crippen molar-refractivity contribution in [1.82, 2.24) is 0 Å². The molecule has 0 aromatic heterocycles. The third-order valence-electron chi connectivity index (χ3n) is 29.9. The van der Waals surface area contributed by atoms with Crippen molar-refractivity contribution in [3.8, 4) is 0 Å².